The molecular formula is C22H17F2N2O3. The molecule has 0 unspecified atom stereocenters. The molecule has 29 heavy (non-hydrogen) atoms. The van der Waals surface area contributed by atoms with E-state index in [0.29, 0.717) is 38.5 Å². The maximum absolute atomic E-state index is 12.8. The fourth-order valence-corrected chi connectivity index (χ4v) is 3.58. The number of fused-ring (bicyclic) bond motifs is 3. The first-order valence-corrected chi connectivity index (χ1v) is 8.88. The van der Waals surface area contributed by atoms with Crippen molar-refractivity contribution < 1.29 is 23.4 Å². The summed E-state index contributed by atoms with van der Waals surface area (Å²) in [6, 6.07) is 18.3. The minimum absolute atomic E-state index is 0.0749. The van der Waals surface area contributed by atoms with Crippen LogP contribution in [0.2, 0.25) is 0 Å². The summed E-state index contributed by atoms with van der Waals surface area (Å²) in [5, 5.41) is 10.8. The highest BCUT2D eigenvalue weighted by atomic mass is 19.3. The van der Waals surface area contributed by atoms with Gasteiger partial charge in [-0.05, 0) is 42.0 Å². The van der Waals surface area contributed by atoms with Gasteiger partial charge in [0.1, 0.15) is 5.75 Å². The van der Waals surface area contributed by atoms with Crippen molar-refractivity contribution in [1.29, 1.82) is 0 Å². The molecule has 1 heterocycles. The lowest BCUT2D eigenvalue weighted by Crippen LogP contribution is -2.11. The molecule has 0 bridgehead atoms. The van der Waals surface area contributed by atoms with Crippen molar-refractivity contribution in [1.82, 2.24) is 4.57 Å². The van der Waals surface area contributed by atoms with Gasteiger partial charge >= 0.3 is 6.61 Å². The molecule has 0 saturated heterocycles. The number of hydrogen-bond donors (Lipinski definition) is 2. The van der Waals surface area contributed by atoms with Crippen LogP contribution < -0.4 is 10.5 Å². The van der Waals surface area contributed by atoms with E-state index in [0.717, 1.165) is 0 Å². The second-order valence-corrected chi connectivity index (χ2v) is 6.56. The van der Waals surface area contributed by atoms with E-state index in [1.54, 1.807) is 42.5 Å². The van der Waals surface area contributed by atoms with Crippen LogP contribution in [0.5, 0.6) is 5.75 Å². The summed E-state index contributed by atoms with van der Waals surface area (Å²) in [6.07, 6.45) is 0. The van der Waals surface area contributed by atoms with Crippen molar-refractivity contribution in [2.24, 2.45) is 5.73 Å². The molecule has 1 aromatic heterocycles. The van der Waals surface area contributed by atoms with Crippen LogP contribution in [0.25, 0.3) is 21.8 Å². The standard InChI is InChI=1S/C22H17F2N2O3/c23-22(24)29-19-7-2-1-4-14(19)11-26-17-6-3-5-16(21(25)28)20(17)15-9-8-13(12-27)10-18(15)26/h1-8,10,22,27H,11-12H2,(H2,25,28). The highest BCUT2D eigenvalue weighted by Gasteiger charge is 2.18. The third-order valence-electron chi connectivity index (χ3n) is 4.82. The van der Waals surface area contributed by atoms with Gasteiger partial charge in [0.25, 0.3) is 0 Å². The Morgan fingerprint density at radius 2 is 1.97 bits per heavy atom. The van der Waals surface area contributed by atoms with E-state index in [1.165, 1.54) is 6.07 Å². The first-order valence-electron chi connectivity index (χ1n) is 8.88. The number of para-hydroxylation sites is 1. The molecule has 0 aliphatic carbocycles. The number of rotatable bonds is 6. The summed E-state index contributed by atoms with van der Waals surface area (Å²) in [6.45, 7) is -2.90. The molecule has 0 fully saturated rings. The van der Waals surface area contributed by atoms with Gasteiger partial charge in [0.15, 0.2) is 0 Å². The number of hydrogen-bond acceptors (Lipinski definition) is 3. The maximum atomic E-state index is 12.8. The summed E-state index contributed by atoms with van der Waals surface area (Å²) in [4.78, 5) is 12.0. The van der Waals surface area contributed by atoms with Crippen molar-refractivity contribution in [3.63, 3.8) is 0 Å². The highest BCUT2D eigenvalue weighted by Crippen LogP contribution is 2.34. The van der Waals surface area contributed by atoms with Crippen molar-refractivity contribution in [3.8, 4) is 5.75 Å². The molecule has 0 aliphatic heterocycles. The molecule has 0 aliphatic rings. The Morgan fingerprint density at radius 1 is 1.17 bits per heavy atom. The molecule has 0 saturated carbocycles. The summed E-state index contributed by atoms with van der Waals surface area (Å²) in [5.74, 6) is -0.499. The third-order valence-corrected chi connectivity index (χ3v) is 4.82. The Kier molecular flexibility index (Phi) is 4.90. The number of nitrogens with zero attached hydrogens (tertiary/aromatic N) is 1. The van der Waals surface area contributed by atoms with Crippen molar-refractivity contribution in [3.05, 3.63) is 77.4 Å². The van der Waals surface area contributed by atoms with Gasteiger partial charge in [-0.25, -0.2) is 0 Å². The number of benzene rings is 3. The number of carbonyl (C=O) groups is 1. The van der Waals surface area contributed by atoms with Crippen LogP contribution in [0.4, 0.5) is 8.78 Å². The molecule has 5 nitrogen and oxygen atoms in total. The molecule has 147 valence electrons. The van der Waals surface area contributed by atoms with Gasteiger partial charge in [-0.15, -0.1) is 0 Å². The first kappa shape index (κ1) is 18.9. The number of halogens is 2. The first-order chi connectivity index (χ1) is 14.0. The average Bonchev–Trinajstić information content (AvgIpc) is 3.02. The number of aliphatic hydroxyl groups is 1. The Labute approximate surface area is 164 Å². The maximum Gasteiger partial charge on any atom is 0.387 e. The fraction of sp³-hybridized carbons (Fsp3) is 0.136. The van der Waals surface area contributed by atoms with Crippen molar-refractivity contribution >= 4 is 27.7 Å². The van der Waals surface area contributed by atoms with Gasteiger partial charge in [0.05, 0.1) is 24.2 Å². The van der Waals surface area contributed by atoms with E-state index in [4.69, 9.17) is 5.73 Å². The molecule has 7 heteroatoms. The van der Waals surface area contributed by atoms with Crippen LogP contribution >= 0.6 is 0 Å². The second-order valence-electron chi connectivity index (χ2n) is 6.56. The smallest absolute Gasteiger partial charge is 0.387 e. The number of alkyl halides is 2. The number of amides is 1. The van der Waals surface area contributed by atoms with E-state index in [2.05, 4.69) is 10.8 Å². The predicted molar refractivity (Wildman–Crippen MR) is 105 cm³/mol. The Bertz CT molecular complexity index is 1220. The van der Waals surface area contributed by atoms with Gasteiger partial charge in [-0.3, -0.25) is 4.79 Å². The Balaban J connectivity index is 1.98. The fourth-order valence-electron chi connectivity index (χ4n) is 3.58. The van der Waals surface area contributed by atoms with E-state index >= 15 is 0 Å². The van der Waals surface area contributed by atoms with Gasteiger partial charge in [-0.1, -0.05) is 24.3 Å². The van der Waals surface area contributed by atoms with E-state index < -0.39 is 12.5 Å². The van der Waals surface area contributed by atoms with Gasteiger partial charge < -0.3 is 20.1 Å². The normalized spacial score (nSPS) is 11.4. The van der Waals surface area contributed by atoms with Crippen LogP contribution in [0.15, 0.2) is 54.6 Å². The average molecular weight is 395 g/mol. The zero-order chi connectivity index (χ0) is 20.5. The molecule has 4 aromatic rings. The van der Waals surface area contributed by atoms with Gasteiger partial charge in [0, 0.05) is 21.9 Å². The molecule has 0 atom stereocenters. The summed E-state index contributed by atoms with van der Waals surface area (Å²) in [5.41, 5.74) is 8.50. The monoisotopic (exact) mass is 395 g/mol. The molecule has 3 N–H and O–H groups in total. The number of carbonyl (C=O) groups excluding carboxylic acids is 1. The van der Waals surface area contributed by atoms with Crippen LogP contribution in [0, 0.1) is 6.07 Å². The van der Waals surface area contributed by atoms with E-state index in [1.807, 2.05) is 10.6 Å². The van der Waals surface area contributed by atoms with Crippen LogP contribution in [0.3, 0.4) is 0 Å². The lowest BCUT2D eigenvalue weighted by atomic mass is 10.0. The second kappa shape index (κ2) is 7.52. The van der Waals surface area contributed by atoms with Crippen LogP contribution in [0.1, 0.15) is 21.5 Å². The minimum atomic E-state index is -2.94. The minimum Gasteiger partial charge on any atom is -0.434 e. The summed E-state index contributed by atoms with van der Waals surface area (Å²) in [7, 11) is 0. The topological polar surface area (TPSA) is 77.5 Å². The van der Waals surface area contributed by atoms with E-state index in [-0.39, 0.29) is 18.9 Å². The van der Waals surface area contributed by atoms with Crippen LogP contribution in [-0.4, -0.2) is 22.2 Å². The third kappa shape index (κ3) is 3.40. The number of nitrogens with two attached hydrogens (primary N) is 1. The molecule has 1 radical (unpaired) electrons. The number of aromatic nitrogens is 1. The van der Waals surface area contributed by atoms with E-state index in [9.17, 15) is 18.7 Å². The Morgan fingerprint density at radius 3 is 2.69 bits per heavy atom. The van der Waals surface area contributed by atoms with Crippen LogP contribution in [-0.2, 0) is 13.2 Å². The predicted octanol–water partition coefficient (Wildman–Crippen LogP) is 3.84. The molecule has 1 amide bonds. The molecule has 3 aromatic carbocycles. The largest absolute Gasteiger partial charge is 0.434 e. The van der Waals surface area contributed by atoms with Gasteiger partial charge in [-0.2, -0.15) is 8.78 Å². The summed E-state index contributed by atoms with van der Waals surface area (Å²) < 4.78 is 32.2. The van der Waals surface area contributed by atoms with Crippen molar-refractivity contribution in [2.45, 2.75) is 19.8 Å². The van der Waals surface area contributed by atoms with Crippen molar-refractivity contribution in [2.75, 3.05) is 0 Å². The lowest BCUT2D eigenvalue weighted by molar-refractivity contribution is -0.0504. The zero-order valence-corrected chi connectivity index (χ0v) is 15.2. The molecular weight excluding hydrogens is 378 g/mol. The molecule has 4 rings (SSSR count). The lowest BCUT2D eigenvalue weighted by Gasteiger charge is -2.13. The SMILES string of the molecule is NC(=O)c1cccc2c1c1[c]cc(CO)cc1n2Cc1ccccc1OC(F)F. The number of aliphatic hydroxyl groups excluding tert-OH is 1. The number of ether oxygens (including phenoxy) is 1. The highest BCUT2D eigenvalue weighted by molar-refractivity contribution is 6.17. The summed E-state index contributed by atoms with van der Waals surface area (Å²) >= 11 is 0. The quantitative estimate of drug-likeness (QED) is 0.521. The molecule has 0 spiro atoms. The van der Waals surface area contributed by atoms with Gasteiger partial charge in [0.2, 0.25) is 5.91 Å². The Hall–Kier alpha value is -3.45. The zero-order valence-electron chi connectivity index (χ0n) is 15.2. The number of primary amides is 1.